The van der Waals surface area contributed by atoms with Crippen molar-refractivity contribution in [2.75, 3.05) is 13.1 Å². The number of aromatic nitrogens is 2. The van der Waals surface area contributed by atoms with Crippen LogP contribution in [0.4, 0.5) is 0 Å². The number of nitrogens with one attached hydrogen (secondary N) is 1. The van der Waals surface area contributed by atoms with Crippen molar-refractivity contribution in [2.45, 2.75) is 32.1 Å². The maximum absolute atomic E-state index is 5.38. The Labute approximate surface area is 129 Å². The van der Waals surface area contributed by atoms with Crippen LogP contribution in [0.2, 0.25) is 0 Å². The lowest BCUT2D eigenvalue weighted by molar-refractivity contribution is 0.339. The summed E-state index contributed by atoms with van der Waals surface area (Å²) in [6, 6.07) is 4.16. The molecule has 1 saturated heterocycles. The summed E-state index contributed by atoms with van der Waals surface area (Å²) in [5.41, 5.74) is 0. The molecule has 0 saturated carbocycles. The van der Waals surface area contributed by atoms with Gasteiger partial charge in [0, 0.05) is 17.7 Å². The number of thiophene rings is 1. The molecule has 2 aromatic heterocycles. The average molecular weight is 314 g/mol. The normalized spacial score (nSPS) is 19.3. The standard InChI is InChI=1S/C14H19N3OS.ClH/c1-3-11(5-7-15-6-1)9-14-16-13(17-18-14)10-12-4-2-8-19-12;/h2,4,8,11,15H,1,3,5-7,9-10H2;1H. The highest BCUT2D eigenvalue weighted by Crippen LogP contribution is 2.19. The van der Waals surface area contributed by atoms with Crippen LogP contribution in [-0.2, 0) is 12.8 Å². The van der Waals surface area contributed by atoms with E-state index in [1.54, 1.807) is 11.3 Å². The zero-order chi connectivity index (χ0) is 12.9. The van der Waals surface area contributed by atoms with Gasteiger partial charge in [0.1, 0.15) is 0 Å². The second-order valence-corrected chi connectivity index (χ2v) is 6.14. The summed E-state index contributed by atoms with van der Waals surface area (Å²) in [7, 11) is 0. The van der Waals surface area contributed by atoms with Gasteiger partial charge in [-0.25, -0.2) is 0 Å². The van der Waals surface area contributed by atoms with Crippen LogP contribution in [0.25, 0.3) is 0 Å². The number of rotatable bonds is 4. The molecule has 3 rings (SSSR count). The van der Waals surface area contributed by atoms with Crippen molar-refractivity contribution in [2.24, 2.45) is 5.92 Å². The third-order valence-corrected chi connectivity index (χ3v) is 4.46. The van der Waals surface area contributed by atoms with E-state index >= 15 is 0 Å². The summed E-state index contributed by atoms with van der Waals surface area (Å²) in [4.78, 5) is 5.80. The Morgan fingerprint density at radius 3 is 3.15 bits per heavy atom. The quantitative estimate of drug-likeness (QED) is 0.942. The van der Waals surface area contributed by atoms with Crippen LogP contribution in [0.1, 0.15) is 35.9 Å². The van der Waals surface area contributed by atoms with Gasteiger partial charge in [-0.05, 0) is 49.7 Å². The average Bonchev–Trinajstić information content (AvgIpc) is 2.99. The summed E-state index contributed by atoms with van der Waals surface area (Å²) in [6.45, 7) is 2.25. The van der Waals surface area contributed by atoms with E-state index in [1.165, 1.54) is 24.1 Å². The van der Waals surface area contributed by atoms with E-state index < -0.39 is 0 Å². The smallest absolute Gasteiger partial charge is 0.226 e. The molecule has 1 unspecified atom stereocenters. The van der Waals surface area contributed by atoms with Gasteiger partial charge in [-0.2, -0.15) is 4.98 Å². The van der Waals surface area contributed by atoms with Crippen LogP contribution in [0.3, 0.4) is 0 Å². The zero-order valence-electron chi connectivity index (χ0n) is 11.4. The monoisotopic (exact) mass is 313 g/mol. The molecule has 6 heteroatoms. The van der Waals surface area contributed by atoms with Crippen LogP contribution >= 0.6 is 23.7 Å². The third kappa shape index (κ3) is 4.30. The van der Waals surface area contributed by atoms with Crippen LogP contribution < -0.4 is 5.32 Å². The summed E-state index contributed by atoms with van der Waals surface area (Å²) >= 11 is 1.74. The van der Waals surface area contributed by atoms with Crippen LogP contribution in [0.15, 0.2) is 22.0 Å². The van der Waals surface area contributed by atoms with E-state index in [2.05, 4.69) is 33.0 Å². The minimum Gasteiger partial charge on any atom is -0.339 e. The molecule has 2 aromatic rings. The predicted octanol–water partition coefficient (Wildman–Crippen LogP) is 3.08. The highest BCUT2D eigenvalue weighted by atomic mass is 35.5. The molecule has 3 heterocycles. The van der Waals surface area contributed by atoms with Crippen LogP contribution in [-0.4, -0.2) is 23.2 Å². The van der Waals surface area contributed by atoms with Gasteiger partial charge < -0.3 is 9.84 Å². The van der Waals surface area contributed by atoms with E-state index in [9.17, 15) is 0 Å². The molecule has 4 nitrogen and oxygen atoms in total. The Kier molecular flexibility index (Phi) is 6.01. The second kappa shape index (κ2) is 7.76. The molecule has 0 aromatic carbocycles. The Morgan fingerprint density at radius 1 is 1.35 bits per heavy atom. The van der Waals surface area contributed by atoms with Crippen LogP contribution in [0.5, 0.6) is 0 Å². The molecule has 1 atom stereocenters. The second-order valence-electron chi connectivity index (χ2n) is 5.11. The molecular formula is C14H20ClN3OS. The largest absolute Gasteiger partial charge is 0.339 e. The van der Waals surface area contributed by atoms with Crippen molar-refractivity contribution >= 4 is 23.7 Å². The molecule has 1 fully saturated rings. The van der Waals surface area contributed by atoms with Crippen LogP contribution in [0, 0.1) is 5.92 Å². The lowest BCUT2D eigenvalue weighted by Gasteiger charge is -2.09. The highest BCUT2D eigenvalue weighted by Gasteiger charge is 2.16. The molecule has 0 amide bonds. The molecule has 1 aliphatic rings. The van der Waals surface area contributed by atoms with Gasteiger partial charge in [0.05, 0.1) is 0 Å². The predicted molar refractivity (Wildman–Crippen MR) is 82.6 cm³/mol. The van der Waals surface area contributed by atoms with E-state index in [0.29, 0.717) is 5.92 Å². The molecule has 0 bridgehead atoms. The molecular weight excluding hydrogens is 294 g/mol. The number of hydrogen-bond acceptors (Lipinski definition) is 5. The van der Waals surface area contributed by atoms with Gasteiger partial charge in [0.2, 0.25) is 5.89 Å². The molecule has 0 spiro atoms. The van der Waals surface area contributed by atoms with Gasteiger partial charge in [-0.1, -0.05) is 11.2 Å². The summed E-state index contributed by atoms with van der Waals surface area (Å²) in [5.74, 6) is 2.30. The maximum atomic E-state index is 5.38. The van der Waals surface area contributed by atoms with Gasteiger partial charge in [0.15, 0.2) is 5.82 Å². The lowest BCUT2D eigenvalue weighted by atomic mass is 9.97. The Balaban J connectivity index is 0.00000147. The van der Waals surface area contributed by atoms with Crippen molar-refractivity contribution in [3.8, 4) is 0 Å². The fraction of sp³-hybridized carbons (Fsp3) is 0.571. The van der Waals surface area contributed by atoms with Crippen molar-refractivity contribution in [3.63, 3.8) is 0 Å². The first-order valence-corrected chi connectivity index (χ1v) is 7.82. The topological polar surface area (TPSA) is 51.0 Å². The fourth-order valence-electron chi connectivity index (χ4n) is 2.56. The fourth-order valence-corrected chi connectivity index (χ4v) is 3.26. The zero-order valence-corrected chi connectivity index (χ0v) is 13.0. The number of halogens is 1. The molecule has 1 N–H and O–H groups in total. The Hall–Kier alpha value is -0.910. The summed E-state index contributed by atoms with van der Waals surface area (Å²) < 4.78 is 5.38. The van der Waals surface area contributed by atoms with Gasteiger partial charge in [0.25, 0.3) is 0 Å². The summed E-state index contributed by atoms with van der Waals surface area (Å²) in [5, 5.41) is 9.60. The van der Waals surface area contributed by atoms with Gasteiger partial charge in [-0.3, -0.25) is 0 Å². The van der Waals surface area contributed by atoms with Crippen molar-refractivity contribution in [1.82, 2.24) is 15.5 Å². The molecule has 0 radical (unpaired) electrons. The molecule has 1 aliphatic heterocycles. The van der Waals surface area contributed by atoms with Crippen molar-refractivity contribution in [3.05, 3.63) is 34.1 Å². The molecule has 0 aliphatic carbocycles. The minimum absolute atomic E-state index is 0. The number of hydrogen-bond donors (Lipinski definition) is 1. The van der Waals surface area contributed by atoms with Crippen molar-refractivity contribution in [1.29, 1.82) is 0 Å². The molecule has 110 valence electrons. The Bertz CT molecular complexity index is 492. The van der Waals surface area contributed by atoms with Gasteiger partial charge >= 0.3 is 0 Å². The lowest BCUT2D eigenvalue weighted by Crippen LogP contribution is -2.14. The van der Waals surface area contributed by atoms with E-state index in [-0.39, 0.29) is 12.4 Å². The van der Waals surface area contributed by atoms with E-state index in [4.69, 9.17) is 4.52 Å². The van der Waals surface area contributed by atoms with Crippen molar-refractivity contribution < 1.29 is 4.52 Å². The third-order valence-electron chi connectivity index (χ3n) is 3.58. The first-order valence-electron chi connectivity index (χ1n) is 6.95. The maximum Gasteiger partial charge on any atom is 0.226 e. The van der Waals surface area contributed by atoms with E-state index in [1.807, 2.05) is 0 Å². The minimum atomic E-state index is 0. The summed E-state index contributed by atoms with van der Waals surface area (Å²) in [6.07, 6.45) is 5.44. The van der Waals surface area contributed by atoms with Gasteiger partial charge in [-0.15, -0.1) is 23.7 Å². The SMILES string of the molecule is Cl.c1csc(Cc2noc(CC3CCCNCC3)n2)c1. The number of nitrogens with zero attached hydrogens (tertiary/aromatic N) is 2. The highest BCUT2D eigenvalue weighted by molar-refractivity contribution is 7.09. The van der Waals surface area contributed by atoms with E-state index in [0.717, 1.165) is 37.6 Å². The molecule has 20 heavy (non-hydrogen) atoms. The Morgan fingerprint density at radius 2 is 2.30 bits per heavy atom. The first-order chi connectivity index (χ1) is 9.40. The first kappa shape index (κ1) is 15.5.